The summed E-state index contributed by atoms with van der Waals surface area (Å²) in [6.45, 7) is 3.94. The largest absolute Gasteiger partial charge is 0.387 e. The summed E-state index contributed by atoms with van der Waals surface area (Å²) in [7, 11) is 1.82. The molecule has 1 aromatic heterocycles. The molecule has 2 aromatic rings. The molecule has 0 aliphatic heterocycles. The molecule has 1 heterocycles. The maximum atomic E-state index is 12.4. The number of nitrogens with one attached hydrogen (secondary N) is 1. The van der Waals surface area contributed by atoms with Crippen LogP contribution >= 0.6 is 0 Å². The summed E-state index contributed by atoms with van der Waals surface area (Å²) in [5, 5.41) is 17.8. The summed E-state index contributed by atoms with van der Waals surface area (Å²) >= 11 is 0. The Kier molecular flexibility index (Phi) is 3.53. The fraction of sp³-hybridized carbons (Fsp3) is 0.412. The number of hydrogen-bond acceptors (Lipinski definition) is 3. The Morgan fingerprint density at radius 1 is 1.32 bits per heavy atom. The van der Waals surface area contributed by atoms with Crippen molar-refractivity contribution in [3.63, 3.8) is 0 Å². The molecule has 5 heteroatoms. The zero-order valence-electron chi connectivity index (χ0n) is 13.2. The second-order valence-electron chi connectivity index (χ2n) is 6.20. The molecule has 3 rings (SSSR count). The zero-order valence-corrected chi connectivity index (χ0v) is 13.2. The van der Waals surface area contributed by atoms with E-state index in [2.05, 4.69) is 10.4 Å². The average molecular weight is 299 g/mol. The molecule has 1 amide bonds. The highest BCUT2D eigenvalue weighted by Crippen LogP contribution is 2.29. The van der Waals surface area contributed by atoms with Gasteiger partial charge in [0.05, 0.1) is 16.9 Å². The van der Waals surface area contributed by atoms with Crippen LogP contribution < -0.4 is 5.32 Å². The van der Waals surface area contributed by atoms with Gasteiger partial charge in [0.15, 0.2) is 0 Å². The van der Waals surface area contributed by atoms with Gasteiger partial charge in [-0.15, -0.1) is 0 Å². The van der Waals surface area contributed by atoms with Gasteiger partial charge in [0.2, 0.25) is 0 Å². The van der Waals surface area contributed by atoms with Gasteiger partial charge in [0.25, 0.3) is 5.91 Å². The van der Waals surface area contributed by atoms with Crippen molar-refractivity contribution in [3.05, 3.63) is 52.3 Å². The molecule has 0 spiro atoms. The normalized spacial score (nSPS) is 15.6. The summed E-state index contributed by atoms with van der Waals surface area (Å²) < 4.78 is 1.70. The minimum atomic E-state index is -0.899. The van der Waals surface area contributed by atoms with E-state index >= 15 is 0 Å². The van der Waals surface area contributed by atoms with Crippen LogP contribution in [0.15, 0.2) is 24.3 Å². The molecule has 0 radical (unpaired) electrons. The second kappa shape index (κ2) is 5.25. The lowest BCUT2D eigenvalue weighted by Gasteiger charge is -2.22. The SMILES string of the molecule is Cc1nn(C)c(C)c1C(=O)NCC1(O)Cc2ccccc2C1. The summed E-state index contributed by atoms with van der Waals surface area (Å²) in [5.41, 5.74) is 3.56. The first kappa shape index (κ1) is 14.8. The lowest BCUT2D eigenvalue weighted by molar-refractivity contribution is 0.0479. The van der Waals surface area contributed by atoms with Gasteiger partial charge in [-0.1, -0.05) is 24.3 Å². The van der Waals surface area contributed by atoms with E-state index in [0.717, 1.165) is 16.8 Å². The first-order valence-corrected chi connectivity index (χ1v) is 7.47. The molecule has 22 heavy (non-hydrogen) atoms. The smallest absolute Gasteiger partial charge is 0.255 e. The Labute approximate surface area is 130 Å². The maximum absolute atomic E-state index is 12.4. The predicted molar refractivity (Wildman–Crippen MR) is 83.8 cm³/mol. The Morgan fingerprint density at radius 3 is 2.41 bits per heavy atom. The van der Waals surface area contributed by atoms with Gasteiger partial charge in [-0.25, -0.2) is 0 Å². The van der Waals surface area contributed by atoms with Crippen molar-refractivity contribution in [1.82, 2.24) is 15.1 Å². The molecule has 0 saturated heterocycles. The molecule has 0 unspecified atom stereocenters. The predicted octanol–water partition coefficient (Wildman–Crippen LogP) is 1.30. The molecule has 116 valence electrons. The van der Waals surface area contributed by atoms with E-state index in [9.17, 15) is 9.90 Å². The summed E-state index contributed by atoms with van der Waals surface area (Å²) in [5.74, 6) is -0.174. The van der Waals surface area contributed by atoms with Gasteiger partial charge < -0.3 is 10.4 Å². The van der Waals surface area contributed by atoms with Crippen molar-refractivity contribution in [2.45, 2.75) is 32.3 Å². The monoisotopic (exact) mass is 299 g/mol. The van der Waals surface area contributed by atoms with E-state index in [1.54, 1.807) is 4.68 Å². The molecule has 0 atom stereocenters. The quantitative estimate of drug-likeness (QED) is 0.897. The third kappa shape index (κ3) is 2.52. The first-order chi connectivity index (χ1) is 10.4. The van der Waals surface area contributed by atoms with Gasteiger partial charge in [0, 0.05) is 32.1 Å². The molecule has 2 N–H and O–H groups in total. The minimum absolute atomic E-state index is 0.174. The van der Waals surface area contributed by atoms with Crippen LogP contribution in [0.2, 0.25) is 0 Å². The second-order valence-corrected chi connectivity index (χ2v) is 6.20. The number of carbonyl (C=O) groups is 1. The number of nitrogens with zero attached hydrogens (tertiary/aromatic N) is 2. The Bertz CT molecular complexity index is 709. The minimum Gasteiger partial charge on any atom is -0.387 e. The Hall–Kier alpha value is -2.14. The molecular formula is C17H21N3O2. The van der Waals surface area contributed by atoms with E-state index in [0.29, 0.717) is 24.1 Å². The zero-order chi connectivity index (χ0) is 15.9. The molecule has 1 aliphatic rings. The fourth-order valence-electron chi connectivity index (χ4n) is 3.23. The van der Waals surface area contributed by atoms with E-state index in [4.69, 9.17) is 0 Å². The number of aryl methyl sites for hydroxylation is 2. The average Bonchev–Trinajstić information content (AvgIpc) is 2.93. The number of rotatable bonds is 3. The van der Waals surface area contributed by atoms with Crippen molar-refractivity contribution in [2.24, 2.45) is 7.05 Å². The Morgan fingerprint density at radius 2 is 1.91 bits per heavy atom. The van der Waals surface area contributed by atoms with Crippen molar-refractivity contribution < 1.29 is 9.90 Å². The van der Waals surface area contributed by atoms with E-state index in [-0.39, 0.29) is 12.5 Å². The van der Waals surface area contributed by atoms with Crippen molar-refractivity contribution in [3.8, 4) is 0 Å². The van der Waals surface area contributed by atoms with Crippen LogP contribution in [-0.2, 0) is 19.9 Å². The van der Waals surface area contributed by atoms with Gasteiger partial charge >= 0.3 is 0 Å². The molecule has 0 fully saturated rings. The lowest BCUT2D eigenvalue weighted by Crippen LogP contribution is -2.43. The number of carbonyl (C=O) groups excluding carboxylic acids is 1. The molecule has 0 bridgehead atoms. The maximum Gasteiger partial charge on any atom is 0.255 e. The fourth-order valence-corrected chi connectivity index (χ4v) is 3.23. The van der Waals surface area contributed by atoms with Crippen molar-refractivity contribution in [1.29, 1.82) is 0 Å². The molecule has 1 aliphatic carbocycles. The number of amides is 1. The topological polar surface area (TPSA) is 67.2 Å². The molecular weight excluding hydrogens is 278 g/mol. The molecule has 5 nitrogen and oxygen atoms in total. The van der Waals surface area contributed by atoms with E-state index < -0.39 is 5.60 Å². The lowest BCUT2D eigenvalue weighted by atomic mass is 10.0. The van der Waals surface area contributed by atoms with Crippen molar-refractivity contribution in [2.75, 3.05) is 6.54 Å². The first-order valence-electron chi connectivity index (χ1n) is 7.47. The van der Waals surface area contributed by atoms with Crippen LogP contribution in [-0.4, -0.2) is 32.9 Å². The highest BCUT2D eigenvalue weighted by molar-refractivity contribution is 5.96. The van der Waals surface area contributed by atoms with Crippen LogP contribution in [0.1, 0.15) is 32.9 Å². The number of fused-ring (bicyclic) bond motifs is 1. The molecule has 1 aromatic carbocycles. The van der Waals surface area contributed by atoms with Gasteiger partial charge in [-0.2, -0.15) is 5.10 Å². The van der Waals surface area contributed by atoms with Crippen LogP contribution in [0.25, 0.3) is 0 Å². The number of benzene rings is 1. The highest BCUT2D eigenvalue weighted by Gasteiger charge is 2.35. The van der Waals surface area contributed by atoms with Crippen LogP contribution in [0.4, 0.5) is 0 Å². The standard InChI is InChI=1S/C17H21N3O2/c1-11-15(12(2)20(3)19-11)16(21)18-10-17(22)8-13-6-4-5-7-14(13)9-17/h4-7,22H,8-10H2,1-3H3,(H,18,21). The van der Waals surface area contributed by atoms with Gasteiger partial charge in [-0.05, 0) is 25.0 Å². The Balaban J connectivity index is 1.70. The van der Waals surface area contributed by atoms with Gasteiger partial charge in [0.1, 0.15) is 0 Å². The third-order valence-electron chi connectivity index (χ3n) is 4.47. The summed E-state index contributed by atoms with van der Waals surface area (Å²) in [4.78, 5) is 12.4. The molecule has 0 saturated carbocycles. The van der Waals surface area contributed by atoms with E-state index in [1.807, 2.05) is 45.2 Å². The summed E-state index contributed by atoms with van der Waals surface area (Å²) in [6.07, 6.45) is 1.16. The highest BCUT2D eigenvalue weighted by atomic mass is 16.3. The number of aromatic nitrogens is 2. The van der Waals surface area contributed by atoms with Crippen LogP contribution in [0, 0.1) is 13.8 Å². The third-order valence-corrected chi connectivity index (χ3v) is 4.47. The summed E-state index contributed by atoms with van der Waals surface area (Å²) in [6, 6.07) is 8.02. The van der Waals surface area contributed by atoms with Crippen LogP contribution in [0.5, 0.6) is 0 Å². The number of aliphatic hydroxyl groups is 1. The van der Waals surface area contributed by atoms with Crippen LogP contribution in [0.3, 0.4) is 0 Å². The van der Waals surface area contributed by atoms with E-state index in [1.165, 1.54) is 0 Å². The number of hydrogen-bond donors (Lipinski definition) is 2. The van der Waals surface area contributed by atoms with Gasteiger partial charge in [-0.3, -0.25) is 9.48 Å². The van der Waals surface area contributed by atoms with Crippen molar-refractivity contribution >= 4 is 5.91 Å².